The molecule has 160 valence electrons. The first kappa shape index (κ1) is 20.3. The lowest BCUT2D eigenvalue weighted by molar-refractivity contribution is -0.131. The molecule has 10 nitrogen and oxygen atoms in total. The Bertz CT molecular complexity index is 1310. The van der Waals surface area contributed by atoms with Gasteiger partial charge in [0, 0.05) is 46.1 Å². The van der Waals surface area contributed by atoms with Crippen LogP contribution in [-0.2, 0) is 18.3 Å². The summed E-state index contributed by atoms with van der Waals surface area (Å²) in [5, 5.41) is 9.22. The van der Waals surface area contributed by atoms with Crippen molar-refractivity contribution in [2.45, 2.75) is 12.8 Å². The number of anilines is 1. The van der Waals surface area contributed by atoms with E-state index in [0.29, 0.717) is 44.1 Å². The second kappa shape index (κ2) is 8.06. The lowest BCUT2D eigenvalue weighted by Crippen LogP contribution is -2.49. The van der Waals surface area contributed by atoms with Crippen molar-refractivity contribution in [1.82, 2.24) is 24.4 Å². The first-order chi connectivity index (χ1) is 14.9. The average molecular weight is 425 g/mol. The first-order valence-electron chi connectivity index (χ1n) is 9.78. The summed E-state index contributed by atoms with van der Waals surface area (Å²) in [7, 11) is 1.51. The fourth-order valence-corrected chi connectivity index (χ4v) is 3.74. The number of aromatic amines is 2. The van der Waals surface area contributed by atoms with Gasteiger partial charge < -0.3 is 14.8 Å². The lowest BCUT2D eigenvalue weighted by Gasteiger charge is -2.36. The molecule has 3 heterocycles. The quantitative estimate of drug-likeness (QED) is 0.616. The van der Waals surface area contributed by atoms with Crippen LogP contribution < -0.4 is 16.1 Å². The summed E-state index contributed by atoms with van der Waals surface area (Å²) >= 11 is 0. The smallest absolute Gasteiger partial charge is 0.329 e. The second-order valence-corrected chi connectivity index (χ2v) is 7.31. The summed E-state index contributed by atoms with van der Waals surface area (Å²) in [5.74, 6) is -0.171. The maximum atomic E-state index is 13.9. The minimum atomic E-state index is -0.555. The SMILES string of the molecule is Cn1c(=O)[nH]c(=O)c2[nH]c(CCC(=O)N3CCN(c4cccc(F)c4C#N)CC3)nc21. The van der Waals surface area contributed by atoms with Crippen molar-refractivity contribution in [3.05, 3.63) is 56.2 Å². The zero-order valence-corrected chi connectivity index (χ0v) is 16.8. The Hall–Kier alpha value is -3.94. The summed E-state index contributed by atoms with van der Waals surface area (Å²) in [4.78, 5) is 49.2. The molecule has 4 rings (SSSR count). The minimum absolute atomic E-state index is 0.0107. The van der Waals surface area contributed by atoms with Gasteiger partial charge in [-0.2, -0.15) is 5.26 Å². The number of aryl methyl sites for hydroxylation is 2. The molecule has 0 saturated carbocycles. The average Bonchev–Trinajstić information content (AvgIpc) is 3.21. The van der Waals surface area contributed by atoms with Gasteiger partial charge in [-0.15, -0.1) is 0 Å². The molecule has 0 radical (unpaired) electrons. The van der Waals surface area contributed by atoms with Crippen LogP contribution in [0.3, 0.4) is 0 Å². The molecule has 1 amide bonds. The highest BCUT2D eigenvalue weighted by molar-refractivity contribution is 5.77. The van der Waals surface area contributed by atoms with Crippen LogP contribution in [0.1, 0.15) is 17.8 Å². The van der Waals surface area contributed by atoms with E-state index in [1.807, 2.05) is 11.0 Å². The second-order valence-electron chi connectivity index (χ2n) is 7.31. The third-order valence-corrected chi connectivity index (χ3v) is 5.46. The van der Waals surface area contributed by atoms with Gasteiger partial charge in [0.05, 0.1) is 5.69 Å². The summed E-state index contributed by atoms with van der Waals surface area (Å²) in [6.45, 7) is 1.89. The molecule has 1 saturated heterocycles. The molecule has 3 aromatic rings. The molecule has 1 aliphatic rings. The Labute approximate surface area is 175 Å². The number of aromatic nitrogens is 4. The molecule has 0 bridgehead atoms. The van der Waals surface area contributed by atoms with E-state index >= 15 is 0 Å². The van der Waals surface area contributed by atoms with E-state index in [9.17, 15) is 24.0 Å². The van der Waals surface area contributed by atoms with E-state index in [4.69, 9.17) is 0 Å². The van der Waals surface area contributed by atoms with Crippen molar-refractivity contribution < 1.29 is 9.18 Å². The molecule has 2 aromatic heterocycles. The highest BCUT2D eigenvalue weighted by atomic mass is 19.1. The van der Waals surface area contributed by atoms with Gasteiger partial charge in [0.25, 0.3) is 5.56 Å². The van der Waals surface area contributed by atoms with E-state index in [2.05, 4.69) is 15.0 Å². The number of fused-ring (bicyclic) bond motifs is 1. The summed E-state index contributed by atoms with van der Waals surface area (Å²) in [6.07, 6.45) is 0.485. The fourth-order valence-electron chi connectivity index (χ4n) is 3.74. The molecule has 0 unspecified atom stereocenters. The maximum absolute atomic E-state index is 13.9. The van der Waals surface area contributed by atoms with Gasteiger partial charge in [-0.3, -0.25) is 19.1 Å². The molecule has 1 fully saturated rings. The minimum Gasteiger partial charge on any atom is -0.367 e. The van der Waals surface area contributed by atoms with E-state index in [0.717, 1.165) is 0 Å². The molecule has 0 aliphatic carbocycles. The Kier molecular flexibility index (Phi) is 5.29. The lowest BCUT2D eigenvalue weighted by atomic mass is 10.1. The number of nitrogens with zero attached hydrogens (tertiary/aromatic N) is 5. The number of carbonyl (C=O) groups is 1. The first-order valence-corrected chi connectivity index (χ1v) is 9.78. The number of carbonyl (C=O) groups excluding carboxylic acids is 1. The zero-order valence-electron chi connectivity index (χ0n) is 16.8. The van der Waals surface area contributed by atoms with Crippen molar-refractivity contribution in [2.24, 2.45) is 7.05 Å². The van der Waals surface area contributed by atoms with E-state index in [1.54, 1.807) is 17.0 Å². The maximum Gasteiger partial charge on any atom is 0.329 e. The number of rotatable bonds is 4. The third-order valence-electron chi connectivity index (χ3n) is 5.46. The van der Waals surface area contributed by atoms with Crippen LogP contribution in [0.5, 0.6) is 0 Å². The molecule has 1 aromatic carbocycles. The Morgan fingerprint density at radius 1 is 1.23 bits per heavy atom. The number of hydrogen-bond donors (Lipinski definition) is 2. The molecular weight excluding hydrogens is 405 g/mol. The summed E-state index contributed by atoms with van der Waals surface area (Å²) in [5.41, 5.74) is -0.116. The largest absolute Gasteiger partial charge is 0.367 e. The van der Waals surface area contributed by atoms with Crippen LogP contribution in [0.25, 0.3) is 11.2 Å². The number of halogens is 1. The normalized spacial score (nSPS) is 14.1. The number of benzene rings is 1. The van der Waals surface area contributed by atoms with Crippen LogP contribution in [0.2, 0.25) is 0 Å². The van der Waals surface area contributed by atoms with E-state index in [-0.39, 0.29) is 29.1 Å². The number of piperazine rings is 1. The van der Waals surface area contributed by atoms with Gasteiger partial charge in [-0.05, 0) is 12.1 Å². The van der Waals surface area contributed by atoms with Crippen molar-refractivity contribution in [3.8, 4) is 6.07 Å². The van der Waals surface area contributed by atoms with Gasteiger partial charge in [0.1, 0.15) is 28.8 Å². The number of hydrogen-bond acceptors (Lipinski definition) is 6. The Morgan fingerprint density at radius 3 is 2.68 bits per heavy atom. The Balaban J connectivity index is 1.39. The highest BCUT2D eigenvalue weighted by Crippen LogP contribution is 2.23. The Morgan fingerprint density at radius 2 is 1.97 bits per heavy atom. The predicted molar refractivity (Wildman–Crippen MR) is 110 cm³/mol. The van der Waals surface area contributed by atoms with Crippen LogP contribution in [-0.4, -0.2) is 56.5 Å². The van der Waals surface area contributed by atoms with E-state index in [1.165, 1.54) is 17.7 Å². The topological polar surface area (TPSA) is 131 Å². The number of nitriles is 1. The molecule has 0 atom stereocenters. The van der Waals surface area contributed by atoms with Crippen molar-refractivity contribution in [2.75, 3.05) is 31.1 Å². The van der Waals surface area contributed by atoms with Crippen molar-refractivity contribution in [1.29, 1.82) is 5.26 Å². The molecule has 31 heavy (non-hydrogen) atoms. The summed E-state index contributed by atoms with van der Waals surface area (Å²) < 4.78 is 15.1. The van der Waals surface area contributed by atoms with E-state index < -0.39 is 17.1 Å². The number of amides is 1. The molecular formula is C20H20FN7O3. The van der Waals surface area contributed by atoms with Crippen LogP contribution in [0, 0.1) is 17.1 Å². The highest BCUT2D eigenvalue weighted by Gasteiger charge is 2.24. The summed E-state index contributed by atoms with van der Waals surface area (Å²) in [6, 6.07) is 6.43. The standard InChI is InChI=1S/C20H20FN7O3/c1-26-18-17(19(30)25-20(26)31)23-15(24-18)5-6-16(29)28-9-7-27(8-10-28)14-4-2-3-13(21)12(14)11-22/h2-4H,5-10H2,1H3,(H,23,24)(H,25,30,31). The molecule has 2 N–H and O–H groups in total. The molecule has 1 aliphatic heterocycles. The van der Waals surface area contributed by atoms with Gasteiger partial charge in [0.2, 0.25) is 5.91 Å². The third kappa shape index (κ3) is 3.79. The van der Waals surface area contributed by atoms with Crippen LogP contribution in [0.15, 0.2) is 27.8 Å². The fraction of sp³-hybridized carbons (Fsp3) is 0.350. The number of nitrogens with one attached hydrogen (secondary N) is 2. The van der Waals surface area contributed by atoms with Crippen molar-refractivity contribution in [3.63, 3.8) is 0 Å². The van der Waals surface area contributed by atoms with Crippen LogP contribution in [0.4, 0.5) is 10.1 Å². The van der Waals surface area contributed by atoms with Gasteiger partial charge in [-0.1, -0.05) is 6.07 Å². The van der Waals surface area contributed by atoms with Crippen LogP contribution >= 0.6 is 0 Å². The molecule has 11 heteroatoms. The predicted octanol–water partition coefficient (Wildman–Crippen LogP) is 0.242. The zero-order chi connectivity index (χ0) is 22.1. The number of H-pyrrole nitrogens is 2. The van der Waals surface area contributed by atoms with Gasteiger partial charge in [-0.25, -0.2) is 14.2 Å². The van der Waals surface area contributed by atoms with Crippen molar-refractivity contribution >= 4 is 22.8 Å². The number of imidazole rings is 1. The van der Waals surface area contributed by atoms with Gasteiger partial charge >= 0.3 is 5.69 Å². The van der Waals surface area contributed by atoms with Gasteiger partial charge in [0.15, 0.2) is 5.65 Å². The monoisotopic (exact) mass is 425 g/mol. The molecule has 0 spiro atoms.